The molecule has 1 aliphatic rings. The highest BCUT2D eigenvalue weighted by Gasteiger charge is 2.14. The summed E-state index contributed by atoms with van der Waals surface area (Å²) in [5.74, 6) is 0.415. The van der Waals surface area contributed by atoms with Crippen LogP contribution in [-0.2, 0) is 12.8 Å². The van der Waals surface area contributed by atoms with Gasteiger partial charge >= 0.3 is 0 Å². The Morgan fingerprint density at radius 2 is 1.79 bits per heavy atom. The Morgan fingerprint density at radius 3 is 2.62 bits per heavy atom. The molecule has 0 atom stereocenters. The van der Waals surface area contributed by atoms with Crippen LogP contribution in [0.5, 0.6) is 0 Å². The Labute approximate surface area is 172 Å². The van der Waals surface area contributed by atoms with E-state index in [-0.39, 0.29) is 5.91 Å². The number of fused-ring (bicyclic) bond motifs is 2. The number of nitrogen functional groups attached to an aromatic ring is 1. The Morgan fingerprint density at radius 1 is 0.931 bits per heavy atom. The molecule has 0 bridgehead atoms. The minimum Gasteiger partial charge on any atom is -0.375 e. The van der Waals surface area contributed by atoms with Gasteiger partial charge in [-0.05, 0) is 72.0 Å². The number of hydrogen-bond acceptors (Lipinski definition) is 5. The topological polar surface area (TPSA) is 80.9 Å². The van der Waals surface area contributed by atoms with E-state index in [9.17, 15) is 4.79 Å². The zero-order valence-corrected chi connectivity index (χ0v) is 16.6. The number of nitrogens with one attached hydrogen (secondary N) is 1. The predicted octanol–water partition coefficient (Wildman–Crippen LogP) is 5.07. The summed E-state index contributed by atoms with van der Waals surface area (Å²) in [6, 6.07) is 14.0. The van der Waals surface area contributed by atoms with Crippen LogP contribution >= 0.6 is 11.3 Å². The molecule has 2 heterocycles. The lowest BCUT2D eigenvalue weighted by atomic mass is 9.90. The molecule has 29 heavy (non-hydrogen) atoms. The number of carbonyl (C=O) groups excluding carboxylic acids is 1. The number of aromatic nitrogens is 2. The summed E-state index contributed by atoms with van der Waals surface area (Å²) in [6.07, 6.45) is 8.14. The first-order valence-corrected chi connectivity index (χ1v) is 10.5. The lowest BCUT2D eigenvalue weighted by Crippen LogP contribution is -2.14. The number of amides is 1. The lowest BCUT2D eigenvalue weighted by Gasteiger charge is -2.16. The quantitative estimate of drug-likeness (QED) is 0.503. The number of nitrogens with two attached hydrogens (primary N) is 1. The SMILES string of the molecule is Nc1ncc(-c2ccc3cnc(NC(=O)c4ccc5c(c4)CCCC5)cc3c2)s1. The molecular weight excluding hydrogens is 380 g/mol. The number of carbonyl (C=O) groups is 1. The third kappa shape index (κ3) is 3.59. The molecule has 144 valence electrons. The molecule has 0 spiro atoms. The molecule has 2 aromatic heterocycles. The number of hydrogen-bond donors (Lipinski definition) is 2. The first-order chi connectivity index (χ1) is 14.2. The van der Waals surface area contributed by atoms with Crippen molar-refractivity contribution in [3.8, 4) is 10.4 Å². The third-order valence-electron chi connectivity index (χ3n) is 5.38. The molecule has 3 N–H and O–H groups in total. The van der Waals surface area contributed by atoms with E-state index in [2.05, 4.69) is 27.4 Å². The Balaban J connectivity index is 1.42. The van der Waals surface area contributed by atoms with Crippen LogP contribution in [0.1, 0.15) is 34.3 Å². The van der Waals surface area contributed by atoms with E-state index in [1.807, 2.05) is 30.3 Å². The smallest absolute Gasteiger partial charge is 0.256 e. The van der Waals surface area contributed by atoms with Gasteiger partial charge in [0, 0.05) is 23.3 Å². The number of rotatable bonds is 3. The fraction of sp³-hybridized carbons (Fsp3) is 0.174. The fourth-order valence-corrected chi connectivity index (χ4v) is 4.53. The van der Waals surface area contributed by atoms with Crippen LogP contribution in [-0.4, -0.2) is 15.9 Å². The average molecular weight is 401 g/mol. The standard InChI is InChI=1S/C23H20N4OS/c24-23-26-13-20(29-23)16-6-8-18-12-25-21(11-19(18)10-16)27-22(28)17-7-5-14-3-1-2-4-15(14)9-17/h5-13H,1-4H2,(H2,24,26)(H,25,27,28). The molecule has 1 aliphatic carbocycles. The molecule has 6 heteroatoms. The second-order valence-electron chi connectivity index (χ2n) is 7.34. The van der Waals surface area contributed by atoms with Gasteiger partial charge in [-0.2, -0.15) is 0 Å². The van der Waals surface area contributed by atoms with Crippen molar-refractivity contribution in [3.63, 3.8) is 0 Å². The number of aryl methyl sites for hydroxylation is 2. The first kappa shape index (κ1) is 17.8. The maximum absolute atomic E-state index is 12.8. The minimum atomic E-state index is -0.128. The van der Waals surface area contributed by atoms with Gasteiger partial charge in [0.25, 0.3) is 5.91 Å². The number of thiazole rings is 1. The van der Waals surface area contributed by atoms with Crippen molar-refractivity contribution in [1.82, 2.24) is 9.97 Å². The molecule has 5 rings (SSSR count). The molecule has 2 aromatic carbocycles. The average Bonchev–Trinajstić information content (AvgIpc) is 3.19. The predicted molar refractivity (Wildman–Crippen MR) is 118 cm³/mol. The van der Waals surface area contributed by atoms with Gasteiger partial charge in [0.15, 0.2) is 5.13 Å². The van der Waals surface area contributed by atoms with E-state index in [0.717, 1.165) is 34.1 Å². The summed E-state index contributed by atoms with van der Waals surface area (Å²) in [4.78, 5) is 22.3. The van der Waals surface area contributed by atoms with Crippen LogP contribution in [0.2, 0.25) is 0 Å². The van der Waals surface area contributed by atoms with Crippen molar-refractivity contribution in [1.29, 1.82) is 0 Å². The maximum Gasteiger partial charge on any atom is 0.256 e. The van der Waals surface area contributed by atoms with E-state index in [0.29, 0.717) is 16.5 Å². The summed E-state index contributed by atoms with van der Waals surface area (Å²) in [7, 11) is 0. The van der Waals surface area contributed by atoms with Crippen LogP contribution in [0.25, 0.3) is 21.2 Å². The van der Waals surface area contributed by atoms with Gasteiger partial charge in [-0.1, -0.05) is 29.5 Å². The highest BCUT2D eigenvalue weighted by molar-refractivity contribution is 7.18. The van der Waals surface area contributed by atoms with Crippen molar-refractivity contribution in [2.45, 2.75) is 25.7 Å². The second kappa shape index (κ2) is 7.29. The molecule has 1 amide bonds. The second-order valence-corrected chi connectivity index (χ2v) is 8.40. The van der Waals surface area contributed by atoms with E-state index in [4.69, 9.17) is 5.73 Å². The third-order valence-corrected chi connectivity index (χ3v) is 6.26. The molecular formula is C23H20N4OS. The Hall–Kier alpha value is -3.25. The lowest BCUT2D eigenvalue weighted by molar-refractivity contribution is 0.102. The Bertz CT molecular complexity index is 1230. The zero-order chi connectivity index (χ0) is 19.8. The van der Waals surface area contributed by atoms with Crippen LogP contribution in [0, 0.1) is 0 Å². The van der Waals surface area contributed by atoms with Crippen molar-refractivity contribution < 1.29 is 4.79 Å². The molecule has 0 fully saturated rings. The number of nitrogens with zero attached hydrogens (tertiary/aromatic N) is 2. The van der Waals surface area contributed by atoms with Crippen molar-refractivity contribution in [2.75, 3.05) is 11.1 Å². The van der Waals surface area contributed by atoms with Gasteiger partial charge in [-0.3, -0.25) is 4.79 Å². The van der Waals surface area contributed by atoms with E-state index in [1.165, 1.54) is 35.3 Å². The van der Waals surface area contributed by atoms with Crippen LogP contribution in [0.4, 0.5) is 10.9 Å². The van der Waals surface area contributed by atoms with Crippen molar-refractivity contribution in [2.24, 2.45) is 0 Å². The minimum absolute atomic E-state index is 0.128. The van der Waals surface area contributed by atoms with Crippen molar-refractivity contribution >= 4 is 39.0 Å². The van der Waals surface area contributed by atoms with Crippen molar-refractivity contribution in [3.05, 3.63) is 71.5 Å². The summed E-state index contributed by atoms with van der Waals surface area (Å²) >= 11 is 1.45. The fourth-order valence-electron chi connectivity index (χ4n) is 3.85. The molecule has 0 radical (unpaired) electrons. The van der Waals surface area contributed by atoms with Gasteiger partial charge < -0.3 is 11.1 Å². The first-order valence-electron chi connectivity index (χ1n) is 9.70. The molecule has 0 saturated heterocycles. The summed E-state index contributed by atoms with van der Waals surface area (Å²) in [5, 5.41) is 5.51. The molecule has 4 aromatic rings. The molecule has 0 saturated carbocycles. The van der Waals surface area contributed by atoms with Crippen LogP contribution < -0.4 is 11.1 Å². The number of benzene rings is 2. The zero-order valence-electron chi connectivity index (χ0n) is 15.8. The van der Waals surface area contributed by atoms with Crippen LogP contribution in [0.15, 0.2) is 54.9 Å². The maximum atomic E-state index is 12.8. The summed E-state index contributed by atoms with van der Waals surface area (Å²) in [6.45, 7) is 0. The number of anilines is 2. The van der Waals surface area contributed by atoms with Gasteiger partial charge in [0.2, 0.25) is 0 Å². The molecule has 5 nitrogen and oxygen atoms in total. The van der Waals surface area contributed by atoms with E-state index < -0.39 is 0 Å². The summed E-state index contributed by atoms with van der Waals surface area (Å²) < 4.78 is 0. The molecule has 0 aliphatic heterocycles. The van der Waals surface area contributed by atoms with E-state index in [1.54, 1.807) is 12.4 Å². The monoisotopic (exact) mass is 400 g/mol. The van der Waals surface area contributed by atoms with Gasteiger partial charge in [-0.25, -0.2) is 9.97 Å². The number of pyridine rings is 1. The van der Waals surface area contributed by atoms with E-state index >= 15 is 0 Å². The summed E-state index contributed by atoms with van der Waals surface area (Å²) in [5.41, 5.74) is 10.1. The largest absolute Gasteiger partial charge is 0.375 e. The van der Waals surface area contributed by atoms with Gasteiger partial charge in [0.1, 0.15) is 5.82 Å². The Kier molecular flexibility index (Phi) is 4.48. The van der Waals surface area contributed by atoms with Gasteiger partial charge in [0.05, 0.1) is 4.88 Å². The molecule has 0 unspecified atom stereocenters. The highest BCUT2D eigenvalue weighted by atomic mass is 32.1. The van der Waals surface area contributed by atoms with Crippen LogP contribution in [0.3, 0.4) is 0 Å². The van der Waals surface area contributed by atoms with Gasteiger partial charge in [-0.15, -0.1) is 0 Å². The highest BCUT2D eigenvalue weighted by Crippen LogP contribution is 2.30. The normalized spacial score (nSPS) is 13.2.